The summed E-state index contributed by atoms with van der Waals surface area (Å²) in [7, 11) is -3.50. The highest BCUT2D eigenvalue weighted by Crippen LogP contribution is 2.19. The molecule has 1 aromatic heterocycles. The average Bonchev–Trinajstić information content (AvgIpc) is 3.12. The van der Waals surface area contributed by atoms with Crippen molar-refractivity contribution in [2.75, 3.05) is 13.2 Å². The normalized spacial score (nSPS) is 11.8. The van der Waals surface area contributed by atoms with Crippen LogP contribution in [0.2, 0.25) is 0 Å². The number of rotatable bonds is 11. The van der Waals surface area contributed by atoms with Gasteiger partial charge in [0.15, 0.2) is 0 Å². The van der Waals surface area contributed by atoms with Crippen molar-refractivity contribution in [3.63, 3.8) is 0 Å². The quantitative estimate of drug-likeness (QED) is 0.460. The standard InChI is InChI=1S/C22H28N2O3S/c1-2-3-6-16-27-19-11-13-20(14-12-19)28(25,26)24-15-7-8-18-17-23-22-10-5-4-9-21(18)22/h4-5,9-14,17,23-24H,2-3,6-8,15-16H2,1H3. The fourth-order valence-electron chi connectivity index (χ4n) is 3.16. The summed E-state index contributed by atoms with van der Waals surface area (Å²) in [6.45, 7) is 3.20. The second-order valence-electron chi connectivity index (χ2n) is 6.89. The lowest BCUT2D eigenvalue weighted by Gasteiger charge is -2.09. The predicted octanol–water partition coefficient (Wildman–Crippen LogP) is 4.65. The molecule has 1 heterocycles. The molecular formula is C22H28N2O3S. The molecule has 3 rings (SSSR count). The van der Waals surface area contributed by atoms with Crippen LogP contribution in [0.25, 0.3) is 10.9 Å². The molecule has 2 N–H and O–H groups in total. The Labute approximate surface area is 167 Å². The van der Waals surface area contributed by atoms with E-state index >= 15 is 0 Å². The molecule has 0 unspecified atom stereocenters. The lowest BCUT2D eigenvalue weighted by atomic mass is 10.1. The molecular weight excluding hydrogens is 372 g/mol. The van der Waals surface area contributed by atoms with E-state index in [9.17, 15) is 8.42 Å². The van der Waals surface area contributed by atoms with Crippen molar-refractivity contribution in [2.45, 2.75) is 43.9 Å². The predicted molar refractivity (Wildman–Crippen MR) is 113 cm³/mol. The summed E-state index contributed by atoms with van der Waals surface area (Å²) in [5.41, 5.74) is 2.31. The number of fused-ring (bicyclic) bond motifs is 1. The van der Waals surface area contributed by atoms with Gasteiger partial charge in [0.25, 0.3) is 0 Å². The first-order valence-corrected chi connectivity index (χ1v) is 11.4. The zero-order chi connectivity index (χ0) is 19.8. The third kappa shape index (κ3) is 5.36. The third-order valence-corrected chi connectivity index (χ3v) is 6.22. The number of sulfonamides is 1. The van der Waals surface area contributed by atoms with Crippen LogP contribution in [0.5, 0.6) is 5.75 Å². The van der Waals surface area contributed by atoms with Gasteiger partial charge in [-0.05, 0) is 55.2 Å². The number of aryl methyl sites for hydroxylation is 1. The SMILES string of the molecule is CCCCCOc1ccc(S(=O)(=O)NCCCc2c[nH]c3ccccc23)cc1. The van der Waals surface area contributed by atoms with Crippen LogP contribution in [-0.4, -0.2) is 26.6 Å². The number of H-pyrrole nitrogens is 1. The maximum atomic E-state index is 12.5. The molecule has 5 nitrogen and oxygen atoms in total. The van der Waals surface area contributed by atoms with Gasteiger partial charge in [0.2, 0.25) is 10.0 Å². The van der Waals surface area contributed by atoms with E-state index in [0.717, 1.165) is 37.6 Å². The van der Waals surface area contributed by atoms with Crippen LogP contribution in [-0.2, 0) is 16.4 Å². The Bertz CT molecular complexity index is 978. The number of ether oxygens (including phenoxy) is 1. The first kappa shape index (κ1) is 20.4. The van der Waals surface area contributed by atoms with Crippen LogP contribution < -0.4 is 9.46 Å². The molecule has 0 radical (unpaired) electrons. The molecule has 0 aliphatic heterocycles. The summed E-state index contributed by atoms with van der Waals surface area (Å²) >= 11 is 0. The zero-order valence-corrected chi connectivity index (χ0v) is 17.1. The summed E-state index contributed by atoms with van der Waals surface area (Å²) in [4.78, 5) is 3.51. The van der Waals surface area contributed by atoms with Gasteiger partial charge in [-0.1, -0.05) is 38.0 Å². The van der Waals surface area contributed by atoms with E-state index in [1.54, 1.807) is 24.3 Å². The molecule has 0 amide bonds. The van der Waals surface area contributed by atoms with E-state index in [1.165, 1.54) is 10.9 Å². The highest BCUT2D eigenvalue weighted by Gasteiger charge is 2.13. The van der Waals surface area contributed by atoms with Crippen molar-refractivity contribution in [2.24, 2.45) is 0 Å². The summed E-state index contributed by atoms with van der Waals surface area (Å²) in [5.74, 6) is 0.703. The molecule has 28 heavy (non-hydrogen) atoms. The maximum absolute atomic E-state index is 12.5. The lowest BCUT2D eigenvalue weighted by molar-refractivity contribution is 0.306. The number of hydrogen-bond donors (Lipinski definition) is 2. The molecule has 0 atom stereocenters. The molecule has 3 aromatic rings. The molecule has 0 spiro atoms. The molecule has 0 saturated carbocycles. The number of unbranched alkanes of at least 4 members (excludes halogenated alkanes) is 2. The Balaban J connectivity index is 1.48. The molecule has 0 bridgehead atoms. The number of aromatic nitrogens is 1. The average molecular weight is 401 g/mol. The Morgan fingerprint density at radius 2 is 1.79 bits per heavy atom. The van der Waals surface area contributed by atoms with E-state index in [2.05, 4.69) is 22.7 Å². The van der Waals surface area contributed by atoms with Crippen LogP contribution in [0.1, 0.15) is 38.2 Å². The van der Waals surface area contributed by atoms with Crippen LogP contribution in [0.3, 0.4) is 0 Å². The van der Waals surface area contributed by atoms with Gasteiger partial charge in [0.1, 0.15) is 5.75 Å². The highest BCUT2D eigenvalue weighted by atomic mass is 32.2. The van der Waals surface area contributed by atoms with Gasteiger partial charge in [-0.15, -0.1) is 0 Å². The number of hydrogen-bond acceptors (Lipinski definition) is 3. The third-order valence-electron chi connectivity index (χ3n) is 4.74. The first-order chi connectivity index (χ1) is 13.6. The van der Waals surface area contributed by atoms with E-state index < -0.39 is 10.0 Å². The van der Waals surface area contributed by atoms with Gasteiger partial charge in [-0.2, -0.15) is 0 Å². The topological polar surface area (TPSA) is 71.2 Å². The molecule has 0 fully saturated rings. The Hall–Kier alpha value is -2.31. The summed E-state index contributed by atoms with van der Waals surface area (Å²) < 4.78 is 33.2. The Morgan fingerprint density at radius 1 is 1.00 bits per heavy atom. The van der Waals surface area contributed by atoms with Crippen molar-refractivity contribution >= 4 is 20.9 Å². The van der Waals surface area contributed by atoms with Crippen molar-refractivity contribution in [3.8, 4) is 5.75 Å². The van der Waals surface area contributed by atoms with Crippen molar-refractivity contribution in [1.29, 1.82) is 0 Å². The Morgan fingerprint density at radius 3 is 2.57 bits per heavy atom. The fourth-order valence-corrected chi connectivity index (χ4v) is 4.24. The van der Waals surface area contributed by atoms with Crippen molar-refractivity contribution < 1.29 is 13.2 Å². The second-order valence-corrected chi connectivity index (χ2v) is 8.65. The second kappa shape index (κ2) is 9.75. The maximum Gasteiger partial charge on any atom is 0.240 e. The van der Waals surface area contributed by atoms with Crippen molar-refractivity contribution in [3.05, 3.63) is 60.3 Å². The van der Waals surface area contributed by atoms with E-state index in [0.29, 0.717) is 18.9 Å². The minimum absolute atomic E-state index is 0.264. The number of nitrogens with one attached hydrogen (secondary N) is 2. The minimum atomic E-state index is -3.50. The van der Waals surface area contributed by atoms with Crippen LogP contribution >= 0.6 is 0 Å². The molecule has 2 aromatic carbocycles. The van der Waals surface area contributed by atoms with Gasteiger partial charge in [-0.3, -0.25) is 0 Å². The molecule has 6 heteroatoms. The fraction of sp³-hybridized carbons (Fsp3) is 0.364. The first-order valence-electron chi connectivity index (χ1n) is 9.87. The van der Waals surface area contributed by atoms with Gasteiger partial charge < -0.3 is 9.72 Å². The summed E-state index contributed by atoms with van der Waals surface area (Å²) in [6.07, 6.45) is 6.84. The molecule has 0 aliphatic carbocycles. The van der Waals surface area contributed by atoms with E-state index in [4.69, 9.17) is 4.74 Å². The van der Waals surface area contributed by atoms with Gasteiger partial charge >= 0.3 is 0 Å². The van der Waals surface area contributed by atoms with Gasteiger partial charge in [0.05, 0.1) is 11.5 Å². The largest absolute Gasteiger partial charge is 0.494 e. The number of benzene rings is 2. The smallest absolute Gasteiger partial charge is 0.240 e. The van der Waals surface area contributed by atoms with E-state index in [-0.39, 0.29) is 4.90 Å². The highest BCUT2D eigenvalue weighted by molar-refractivity contribution is 7.89. The van der Waals surface area contributed by atoms with Crippen molar-refractivity contribution in [1.82, 2.24) is 9.71 Å². The Kier molecular flexibility index (Phi) is 7.12. The summed E-state index contributed by atoms with van der Waals surface area (Å²) in [6, 6.07) is 14.8. The lowest BCUT2D eigenvalue weighted by Crippen LogP contribution is -2.25. The number of para-hydroxylation sites is 1. The number of aromatic amines is 1. The monoisotopic (exact) mass is 400 g/mol. The molecule has 0 saturated heterocycles. The minimum Gasteiger partial charge on any atom is -0.494 e. The zero-order valence-electron chi connectivity index (χ0n) is 16.3. The van der Waals surface area contributed by atoms with Crippen LogP contribution in [0.15, 0.2) is 59.6 Å². The summed E-state index contributed by atoms with van der Waals surface area (Å²) in [5, 5.41) is 1.19. The van der Waals surface area contributed by atoms with Gasteiger partial charge in [-0.25, -0.2) is 13.1 Å². The van der Waals surface area contributed by atoms with Gasteiger partial charge in [0, 0.05) is 23.6 Å². The van der Waals surface area contributed by atoms with Crippen LogP contribution in [0, 0.1) is 0 Å². The molecule has 0 aliphatic rings. The van der Waals surface area contributed by atoms with Crippen LogP contribution in [0.4, 0.5) is 0 Å². The molecule has 150 valence electrons. The van der Waals surface area contributed by atoms with E-state index in [1.807, 2.05) is 24.4 Å².